The van der Waals surface area contributed by atoms with Gasteiger partial charge < -0.3 is 14.2 Å². The number of alkyl halides is 3. The maximum absolute atomic E-state index is 12.7. The Morgan fingerprint density at radius 2 is 1.63 bits per heavy atom. The molecule has 0 aliphatic heterocycles. The van der Waals surface area contributed by atoms with Crippen molar-refractivity contribution < 1.29 is 27.4 Å². The molecule has 0 bridgehead atoms. The molecule has 0 saturated heterocycles. The van der Waals surface area contributed by atoms with Gasteiger partial charge in [0.1, 0.15) is 24.2 Å². The van der Waals surface area contributed by atoms with Crippen LogP contribution in [-0.4, -0.2) is 31.7 Å². The SMILES string of the molecule is CCCOc1ccc(SCC(COc2ccc(C(F)(F)F)cc2)OCCC)cc1C. The van der Waals surface area contributed by atoms with Crippen molar-refractivity contribution in [2.45, 2.75) is 50.8 Å². The van der Waals surface area contributed by atoms with Crippen molar-refractivity contribution in [2.24, 2.45) is 0 Å². The molecule has 0 N–H and O–H groups in total. The summed E-state index contributed by atoms with van der Waals surface area (Å²) in [7, 11) is 0. The third kappa shape index (κ3) is 8.11. The Kier molecular flexibility index (Phi) is 9.85. The molecule has 0 amide bonds. The van der Waals surface area contributed by atoms with Gasteiger partial charge in [-0.3, -0.25) is 0 Å². The summed E-state index contributed by atoms with van der Waals surface area (Å²) in [5.74, 6) is 1.96. The van der Waals surface area contributed by atoms with E-state index in [4.69, 9.17) is 14.2 Å². The van der Waals surface area contributed by atoms with Crippen molar-refractivity contribution in [3.05, 3.63) is 53.6 Å². The Morgan fingerprint density at radius 1 is 0.933 bits per heavy atom. The van der Waals surface area contributed by atoms with E-state index >= 15 is 0 Å². The Hall–Kier alpha value is -1.86. The van der Waals surface area contributed by atoms with Crippen LogP contribution in [0.5, 0.6) is 11.5 Å². The first-order valence-electron chi connectivity index (χ1n) is 10.1. The van der Waals surface area contributed by atoms with E-state index in [-0.39, 0.29) is 12.7 Å². The molecule has 0 radical (unpaired) electrons. The van der Waals surface area contributed by atoms with Crippen LogP contribution in [0.25, 0.3) is 0 Å². The summed E-state index contributed by atoms with van der Waals surface area (Å²) in [6, 6.07) is 10.8. The predicted molar refractivity (Wildman–Crippen MR) is 115 cm³/mol. The number of ether oxygens (including phenoxy) is 3. The molecule has 1 unspecified atom stereocenters. The van der Waals surface area contributed by atoms with Gasteiger partial charge in [0.25, 0.3) is 0 Å². The molecular weight excluding hydrogens is 413 g/mol. The first-order chi connectivity index (χ1) is 14.3. The molecule has 0 aliphatic carbocycles. The minimum Gasteiger partial charge on any atom is -0.493 e. The summed E-state index contributed by atoms with van der Waals surface area (Å²) in [6.07, 6.45) is -2.68. The fourth-order valence-electron chi connectivity index (χ4n) is 2.63. The number of thioether (sulfide) groups is 1. The van der Waals surface area contributed by atoms with E-state index in [1.807, 2.05) is 26.0 Å². The summed E-state index contributed by atoms with van der Waals surface area (Å²) >= 11 is 1.66. The molecule has 0 spiro atoms. The number of hydrogen-bond acceptors (Lipinski definition) is 4. The minimum absolute atomic E-state index is 0.173. The highest BCUT2D eigenvalue weighted by Crippen LogP contribution is 2.30. The maximum Gasteiger partial charge on any atom is 0.416 e. The first-order valence-corrected chi connectivity index (χ1v) is 11.1. The lowest BCUT2D eigenvalue weighted by molar-refractivity contribution is -0.137. The van der Waals surface area contributed by atoms with Crippen LogP contribution in [0.2, 0.25) is 0 Å². The van der Waals surface area contributed by atoms with Gasteiger partial charge in [0.05, 0.1) is 12.2 Å². The molecule has 3 nitrogen and oxygen atoms in total. The van der Waals surface area contributed by atoms with E-state index < -0.39 is 11.7 Å². The topological polar surface area (TPSA) is 27.7 Å². The average molecular weight is 443 g/mol. The highest BCUT2D eigenvalue weighted by Gasteiger charge is 2.30. The van der Waals surface area contributed by atoms with Crippen LogP contribution in [0.3, 0.4) is 0 Å². The van der Waals surface area contributed by atoms with Gasteiger partial charge in [0, 0.05) is 17.3 Å². The Labute approximate surface area is 180 Å². The second kappa shape index (κ2) is 12.1. The highest BCUT2D eigenvalue weighted by molar-refractivity contribution is 7.99. The molecule has 2 rings (SSSR count). The lowest BCUT2D eigenvalue weighted by Crippen LogP contribution is -2.25. The summed E-state index contributed by atoms with van der Waals surface area (Å²) in [5, 5.41) is 0. The van der Waals surface area contributed by atoms with Gasteiger partial charge in [-0.15, -0.1) is 11.8 Å². The summed E-state index contributed by atoms with van der Waals surface area (Å²) in [5.41, 5.74) is 0.395. The molecule has 2 aromatic carbocycles. The number of benzene rings is 2. The standard InChI is InChI=1S/C23H29F3O3S/c1-4-12-27-20(15-29-19-8-6-18(7-9-19)23(24,25)26)16-30-21-10-11-22(17(3)14-21)28-13-5-2/h6-11,14,20H,4-5,12-13,15-16H2,1-3H3. The molecule has 7 heteroatoms. The zero-order chi connectivity index (χ0) is 22.0. The van der Waals surface area contributed by atoms with Gasteiger partial charge in [-0.25, -0.2) is 0 Å². The van der Waals surface area contributed by atoms with Crippen molar-refractivity contribution in [2.75, 3.05) is 25.6 Å². The van der Waals surface area contributed by atoms with Crippen molar-refractivity contribution in [3.63, 3.8) is 0 Å². The maximum atomic E-state index is 12.7. The lowest BCUT2D eigenvalue weighted by Gasteiger charge is -2.19. The highest BCUT2D eigenvalue weighted by atomic mass is 32.2. The van der Waals surface area contributed by atoms with Crippen LogP contribution < -0.4 is 9.47 Å². The Bertz CT molecular complexity index is 763. The van der Waals surface area contributed by atoms with Gasteiger partial charge >= 0.3 is 6.18 Å². The van der Waals surface area contributed by atoms with E-state index in [2.05, 4.69) is 13.0 Å². The van der Waals surface area contributed by atoms with Crippen LogP contribution in [0.15, 0.2) is 47.4 Å². The van der Waals surface area contributed by atoms with E-state index in [0.29, 0.717) is 24.7 Å². The average Bonchev–Trinajstić information content (AvgIpc) is 2.72. The van der Waals surface area contributed by atoms with Gasteiger partial charge in [0.2, 0.25) is 0 Å². The zero-order valence-corrected chi connectivity index (χ0v) is 18.4. The summed E-state index contributed by atoms with van der Waals surface area (Å²) in [4.78, 5) is 1.11. The summed E-state index contributed by atoms with van der Waals surface area (Å²) in [6.45, 7) is 7.69. The normalized spacial score (nSPS) is 12.6. The van der Waals surface area contributed by atoms with Gasteiger partial charge in [-0.05, 0) is 67.8 Å². The van der Waals surface area contributed by atoms with Crippen LogP contribution >= 0.6 is 11.8 Å². The van der Waals surface area contributed by atoms with Crippen molar-refractivity contribution in [1.29, 1.82) is 0 Å². The molecule has 0 fully saturated rings. The van der Waals surface area contributed by atoms with E-state index in [1.165, 1.54) is 12.1 Å². The van der Waals surface area contributed by atoms with Gasteiger partial charge in [-0.2, -0.15) is 13.2 Å². The molecule has 0 aliphatic rings. The van der Waals surface area contributed by atoms with Gasteiger partial charge in [0.15, 0.2) is 0 Å². The summed E-state index contributed by atoms with van der Waals surface area (Å²) < 4.78 is 55.3. The molecule has 0 heterocycles. The fourth-order valence-corrected chi connectivity index (χ4v) is 3.63. The molecular formula is C23H29F3O3S. The first kappa shape index (κ1) is 24.4. The van der Waals surface area contributed by atoms with Crippen molar-refractivity contribution in [3.8, 4) is 11.5 Å². The smallest absolute Gasteiger partial charge is 0.416 e. The van der Waals surface area contributed by atoms with Crippen molar-refractivity contribution >= 4 is 11.8 Å². The molecule has 0 aromatic heterocycles. The predicted octanol–water partition coefficient (Wildman–Crippen LogP) is 6.77. The van der Waals surface area contributed by atoms with E-state index in [9.17, 15) is 13.2 Å². The quantitative estimate of drug-likeness (QED) is 0.339. The van der Waals surface area contributed by atoms with Crippen LogP contribution in [0, 0.1) is 6.92 Å². The molecule has 2 aromatic rings. The van der Waals surface area contributed by atoms with Crippen molar-refractivity contribution in [1.82, 2.24) is 0 Å². The second-order valence-corrected chi connectivity index (χ2v) is 8.01. The third-order valence-electron chi connectivity index (χ3n) is 4.22. The largest absolute Gasteiger partial charge is 0.493 e. The molecule has 166 valence electrons. The Balaban J connectivity index is 1.91. The molecule has 0 saturated carbocycles. The number of hydrogen-bond donors (Lipinski definition) is 0. The second-order valence-electron chi connectivity index (χ2n) is 6.91. The molecule has 1 atom stereocenters. The van der Waals surface area contributed by atoms with Crippen LogP contribution in [0.4, 0.5) is 13.2 Å². The minimum atomic E-state index is -4.35. The van der Waals surface area contributed by atoms with Gasteiger partial charge in [-0.1, -0.05) is 13.8 Å². The zero-order valence-electron chi connectivity index (χ0n) is 17.6. The van der Waals surface area contributed by atoms with Crippen LogP contribution in [-0.2, 0) is 10.9 Å². The fraction of sp³-hybridized carbons (Fsp3) is 0.478. The number of halogens is 3. The third-order valence-corrected chi connectivity index (χ3v) is 5.34. The van der Waals surface area contributed by atoms with Crippen LogP contribution in [0.1, 0.15) is 37.8 Å². The van der Waals surface area contributed by atoms with E-state index in [1.54, 1.807) is 11.8 Å². The number of aryl methyl sites for hydroxylation is 1. The Morgan fingerprint density at radius 3 is 2.23 bits per heavy atom. The monoisotopic (exact) mass is 442 g/mol. The number of rotatable bonds is 12. The van der Waals surface area contributed by atoms with E-state index in [0.717, 1.165) is 41.2 Å². The molecule has 30 heavy (non-hydrogen) atoms. The lowest BCUT2D eigenvalue weighted by atomic mass is 10.2.